The molecule has 0 aliphatic carbocycles. The van der Waals surface area contributed by atoms with Crippen molar-refractivity contribution >= 4 is 38.3 Å². The fraction of sp³-hybridized carbons (Fsp3) is 0.316. The smallest absolute Gasteiger partial charge is 0.257 e. The summed E-state index contributed by atoms with van der Waals surface area (Å²) in [5.74, 6) is -2.36. The summed E-state index contributed by atoms with van der Waals surface area (Å²) >= 11 is 0. The predicted octanol–water partition coefficient (Wildman–Crippen LogP) is 0.0806. The standard InChI is InChI=1S/C19H21N3O5S/c23-17(10-14-6-3-5-13-4-1-2-7-16(13)14)20-11-18(24)21-22-19(25)15-8-9-28(26,27)12-15/h1-7,15H,8-12H2,(H,20,23)(H,21,24)(H,22,25)/t15-/m0/s1. The monoisotopic (exact) mass is 403 g/mol. The molecule has 2 aromatic carbocycles. The van der Waals surface area contributed by atoms with Crippen molar-refractivity contribution in [1.82, 2.24) is 16.2 Å². The predicted molar refractivity (Wildman–Crippen MR) is 104 cm³/mol. The number of amides is 3. The van der Waals surface area contributed by atoms with Crippen LogP contribution in [-0.2, 0) is 30.6 Å². The number of nitrogens with one attached hydrogen (secondary N) is 3. The molecule has 148 valence electrons. The molecule has 1 aliphatic heterocycles. The summed E-state index contributed by atoms with van der Waals surface area (Å²) in [6, 6.07) is 13.4. The second kappa shape index (κ2) is 8.39. The first kappa shape index (κ1) is 19.8. The Morgan fingerprint density at radius 2 is 1.71 bits per heavy atom. The van der Waals surface area contributed by atoms with Gasteiger partial charge in [-0.3, -0.25) is 25.2 Å². The van der Waals surface area contributed by atoms with Gasteiger partial charge in [0.1, 0.15) is 0 Å². The summed E-state index contributed by atoms with van der Waals surface area (Å²) in [4.78, 5) is 35.8. The van der Waals surface area contributed by atoms with Crippen LogP contribution in [0.4, 0.5) is 0 Å². The third-order valence-electron chi connectivity index (χ3n) is 4.61. The number of sulfone groups is 1. The van der Waals surface area contributed by atoms with Gasteiger partial charge in [-0.15, -0.1) is 0 Å². The maximum absolute atomic E-state index is 12.1. The lowest BCUT2D eigenvalue weighted by Crippen LogP contribution is -2.48. The topological polar surface area (TPSA) is 121 Å². The molecule has 1 atom stereocenters. The fourth-order valence-electron chi connectivity index (χ4n) is 3.14. The molecule has 0 radical (unpaired) electrons. The molecule has 0 spiro atoms. The van der Waals surface area contributed by atoms with E-state index in [0.717, 1.165) is 16.3 Å². The Kier molecular flexibility index (Phi) is 5.93. The van der Waals surface area contributed by atoms with E-state index in [1.165, 1.54) is 0 Å². The van der Waals surface area contributed by atoms with Crippen LogP contribution in [0.3, 0.4) is 0 Å². The number of hydrazine groups is 1. The molecule has 1 saturated heterocycles. The van der Waals surface area contributed by atoms with Gasteiger partial charge < -0.3 is 5.32 Å². The Bertz CT molecular complexity index is 1010. The van der Waals surface area contributed by atoms with Gasteiger partial charge in [0.15, 0.2) is 9.84 Å². The molecule has 0 aromatic heterocycles. The van der Waals surface area contributed by atoms with Crippen LogP contribution in [0.1, 0.15) is 12.0 Å². The summed E-state index contributed by atoms with van der Waals surface area (Å²) in [5.41, 5.74) is 5.25. The molecule has 1 aliphatic rings. The molecule has 3 amide bonds. The van der Waals surface area contributed by atoms with Crippen LogP contribution < -0.4 is 16.2 Å². The number of carbonyl (C=O) groups excluding carboxylic acids is 3. The van der Waals surface area contributed by atoms with Crippen molar-refractivity contribution < 1.29 is 22.8 Å². The van der Waals surface area contributed by atoms with E-state index in [0.29, 0.717) is 0 Å². The van der Waals surface area contributed by atoms with Crippen LogP contribution in [0, 0.1) is 5.92 Å². The van der Waals surface area contributed by atoms with E-state index in [9.17, 15) is 22.8 Å². The van der Waals surface area contributed by atoms with E-state index in [1.807, 2.05) is 42.5 Å². The summed E-state index contributed by atoms with van der Waals surface area (Å²) in [5, 5.41) is 4.51. The third kappa shape index (κ3) is 5.07. The van der Waals surface area contributed by atoms with E-state index in [1.54, 1.807) is 0 Å². The average molecular weight is 403 g/mol. The van der Waals surface area contributed by atoms with Gasteiger partial charge in [0, 0.05) is 0 Å². The lowest BCUT2D eigenvalue weighted by atomic mass is 10.0. The molecule has 8 nitrogen and oxygen atoms in total. The van der Waals surface area contributed by atoms with Crippen molar-refractivity contribution in [2.24, 2.45) is 5.92 Å². The van der Waals surface area contributed by atoms with E-state index in [-0.39, 0.29) is 36.8 Å². The zero-order valence-corrected chi connectivity index (χ0v) is 15.9. The summed E-state index contributed by atoms with van der Waals surface area (Å²) < 4.78 is 22.8. The number of fused-ring (bicyclic) bond motifs is 1. The van der Waals surface area contributed by atoms with Crippen molar-refractivity contribution in [3.8, 4) is 0 Å². The van der Waals surface area contributed by atoms with Crippen LogP contribution in [0.15, 0.2) is 42.5 Å². The number of benzene rings is 2. The van der Waals surface area contributed by atoms with Gasteiger partial charge in [-0.25, -0.2) is 8.42 Å². The first-order valence-corrected chi connectivity index (χ1v) is 10.7. The molecule has 9 heteroatoms. The first-order chi connectivity index (χ1) is 13.3. The highest BCUT2D eigenvalue weighted by Gasteiger charge is 2.33. The molecule has 2 aromatic rings. The van der Waals surface area contributed by atoms with Gasteiger partial charge in [-0.2, -0.15) is 0 Å². The quantitative estimate of drug-likeness (QED) is 0.611. The summed E-state index contributed by atoms with van der Waals surface area (Å²) in [6.45, 7) is -0.299. The largest absolute Gasteiger partial charge is 0.347 e. The Morgan fingerprint density at radius 1 is 0.964 bits per heavy atom. The minimum atomic E-state index is -3.18. The highest BCUT2D eigenvalue weighted by molar-refractivity contribution is 7.91. The van der Waals surface area contributed by atoms with Crippen LogP contribution >= 0.6 is 0 Å². The fourth-order valence-corrected chi connectivity index (χ4v) is 4.88. The SMILES string of the molecule is O=C(Cc1cccc2ccccc12)NCC(=O)NNC(=O)[C@H]1CCS(=O)(=O)C1. The van der Waals surface area contributed by atoms with Crippen molar-refractivity contribution in [2.75, 3.05) is 18.1 Å². The summed E-state index contributed by atoms with van der Waals surface area (Å²) in [6.07, 6.45) is 0.368. The lowest BCUT2D eigenvalue weighted by Gasteiger charge is -2.11. The normalized spacial score (nSPS) is 17.8. The van der Waals surface area contributed by atoms with Crippen LogP contribution in [0.2, 0.25) is 0 Å². The van der Waals surface area contributed by atoms with Gasteiger partial charge in [-0.05, 0) is 22.8 Å². The number of hydrogen-bond donors (Lipinski definition) is 3. The van der Waals surface area contributed by atoms with E-state index in [4.69, 9.17) is 0 Å². The highest BCUT2D eigenvalue weighted by atomic mass is 32.2. The Labute approximate surface area is 162 Å². The van der Waals surface area contributed by atoms with Crippen molar-refractivity contribution in [1.29, 1.82) is 0 Å². The van der Waals surface area contributed by atoms with Crippen molar-refractivity contribution in [3.05, 3.63) is 48.0 Å². The van der Waals surface area contributed by atoms with Gasteiger partial charge in [0.05, 0.1) is 30.4 Å². The zero-order chi connectivity index (χ0) is 20.1. The second-order valence-electron chi connectivity index (χ2n) is 6.73. The first-order valence-electron chi connectivity index (χ1n) is 8.86. The molecular formula is C19H21N3O5S. The van der Waals surface area contributed by atoms with Gasteiger partial charge in [-0.1, -0.05) is 42.5 Å². The Balaban J connectivity index is 1.44. The third-order valence-corrected chi connectivity index (χ3v) is 6.37. The molecule has 3 rings (SSSR count). The van der Waals surface area contributed by atoms with Crippen molar-refractivity contribution in [2.45, 2.75) is 12.8 Å². The minimum absolute atomic E-state index is 0.0245. The molecule has 0 bridgehead atoms. The molecule has 3 N–H and O–H groups in total. The molecule has 1 fully saturated rings. The summed E-state index contributed by atoms with van der Waals surface area (Å²) in [7, 11) is -3.18. The molecular weight excluding hydrogens is 382 g/mol. The van der Waals surface area contributed by atoms with Gasteiger partial charge >= 0.3 is 0 Å². The maximum Gasteiger partial charge on any atom is 0.257 e. The van der Waals surface area contributed by atoms with E-state index >= 15 is 0 Å². The molecule has 0 unspecified atom stereocenters. The molecule has 28 heavy (non-hydrogen) atoms. The number of carbonyl (C=O) groups is 3. The average Bonchev–Trinajstić information content (AvgIpc) is 3.04. The van der Waals surface area contributed by atoms with Crippen molar-refractivity contribution in [3.63, 3.8) is 0 Å². The lowest BCUT2D eigenvalue weighted by molar-refractivity contribution is -0.131. The van der Waals surface area contributed by atoms with Crippen LogP contribution in [0.5, 0.6) is 0 Å². The zero-order valence-electron chi connectivity index (χ0n) is 15.1. The van der Waals surface area contributed by atoms with Gasteiger partial charge in [0.25, 0.3) is 5.91 Å². The van der Waals surface area contributed by atoms with Gasteiger partial charge in [0.2, 0.25) is 11.8 Å². The highest BCUT2D eigenvalue weighted by Crippen LogP contribution is 2.19. The van der Waals surface area contributed by atoms with Crippen LogP contribution in [-0.4, -0.2) is 44.2 Å². The molecule has 0 saturated carbocycles. The van der Waals surface area contributed by atoms with E-state index in [2.05, 4.69) is 16.2 Å². The number of hydrogen-bond acceptors (Lipinski definition) is 5. The Morgan fingerprint density at radius 3 is 2.46 bits per heavy atom. The van der Waals surface area contributed by atoms with E-state index < -0.39 is 27.6 Å². The minimum Gasteiger partial charge on any atom is -0.347 e. The maximum atomic E-state index is 12.1. The Hall–Kier alpha value is -2.94. The van der Waals surface area contributed by atoms with Crippen LogP contribution in [0.25, 0.3) is 10.8 Å². The number of rotatable bonds is 5. The molecule has 1 heterocycles. The second-order valence-corrected chi connectivity index (χ2v) is 8.96.